The Kier molecular flexibility index (Phi) is 20.4. The molecule has 1 fully saturated rings. The van der Waals surface area contributed by atoms with Crippen LogP contribution in [0.5, 0.6) is 17.4 Å². The highest BCUT2D eigenvalue weighted by Crippen LogP contribution is 2.44. The topological polar surface area (TPSA) is 224 Å². The number of imide groups is 1. The minimum atomic E-state index is -0.936. The molecular weight excluding hydrogens is 1220 g/mol. The maximum Gasteiger partial charge on any atom is 0.414 e. The fraction of sp³-hybridized carbons (Fsp3) is 0.233. The molecule has 1 unspecified atom stereocenters. The molecule has 0 aliphatic carbocycles. The number of amides is 4. The van der Waals surface area contributed by atoms with E-state index in [1.54, 1.807) is 94.2 Å². The largest absolute Gasteiger partial charge is 0.484 e. The normalized spacial score (nSPS) is 13.1. The van der Waals surface area contributed by atoms with Crippen molar-refractivity contribution in [3.8, 4) is 39.9 Å². The lowest BCUT2D eigenvalue weighted by Crippen LogP contribution is -2.39. The van der Waals surface area contributed by atoms with E-state index in [0.29, 0.717) is 65.3 Å². The van der Waals surface area contributed by atoms with Crippen LogP contribution in [-0.2, 0) is 55.5 Å². The number of nitrogens with one attached hydrogen (secondary N) is 2. The van der Waals surface area contributed by atoms with Crippen LogP contribution >= 0.6 is 23.5 Å². The number of pyridine rings is 1. The molecule has 11 rings (SSSR count). The number of carbonyl (C=O) groups excluding carboxylic acids is 5. The second kappa shape index (κ2) is 29.5. The summed E-state index contributed by atoms with van der Waals surface area (Å²) in [6, 6.07) is 63.0. The van der Waals surface area contributed by atoms with Crippen LogP contribution in [0.1, 0.15) is 96.4 Å². The van der Waals surface area contributed by atoms with Crippen LogP contribution in [0.2, 0.25) is 0 Å². The SMILES string of the molecule is CCCc1nc(CSCc2ccc(Oc3ccc(NC(=O)COc4ccc(CC5SC(=O)NC5=O)cc4)c(N(C)C(=O)OC(C)(C)C)c3)nc2)c(C(=O)OCC)n1Cc1ccc(-c2ccccc2-c2nnnn2C(c2ccccc2)(c2ccccc2)c2ccccc2)cc1. The average molecular weight is 1300 g/mol. The van der Waals surface area contributed by atoms with Gasteiger partial charge in [-0.1, -0.05) is 176 Å². The predicted octanol–water partition coefficient (Wildman–Crippen LogP) is 14.1. The number of tetrazole rings is 1. The van der Waals surface area contributed by atoms with Gasteiger partial charge in [-0.2, -0.15) is 11.8 Å². The number of aryl methyl sites for hydroxylation is 1. The zero-order valence-corrected chi connectivity index (χ0v) is 54.5. The van der Waals surface area contributed by atoms with Crippen molar-refractivity contribution in [3.63, 3.8) is 0 Å². The first kappa shape index (κ1) is 65.1. The number of imidazole rings is 1. The summed E-state index contributed by atoms with van der Waals surface area (Å²) in [5.74, 6) is 2.15. The molecule has 1 saturated heterocycles. The highest BCUT2D eigenvalue weighted by molar-refractivity contribution is 8.15. The van der Waals surface area contributed by atoms with E-state index in [9.17, 15) is 24.0 Å². The number of rotatable bonds is 25. The van der Waals surface area contributed by atoms with Crippen molar-refractivity contribution in [2.24, 2.45) is 0 Å². The number of carbonyl (C=O) groups is 5. The Hall–Kier alpha value is -10.4. The van der Waals surface area contributed by atoms with Crippen molar-refractivity contribution in [3.05, 3.63) is 251 Å². The molecule has 2 N–H and O–H groups in total. The molecule has 7 aromatic carbocycles. The first-order chi connectivity index (χ1) is 45.6. The average Bonchev–Trinajstić information content (AvgIpc) is 1.25. The number of nitrogens with zero attached hydrogens (tertiary/aromatic N) is 8. The van der Waals surface area contributed by atoms with E-state index in [1.165, 1.54) is 11.9 Å². The van der Waals surface area contributed by atoms with Gasteiger partial charge >= 0.3 is 12.1 Å². The standard InChI is InChI=1S/C73H70N10O9S2/c1-7-20-63-75-60(47-93-46-50-33-40-65(74-43-50)91-56-38-39-59(61(42-56)81(6)71(88)92-72(3,4)5)76-64(84)45-90-55-36-31-48(32-37-55)41-62-68(85)77-70(87)94-62)66(69(86)89-8-2)82(63)44-49-29-34-51(35-30-49)57-27-18-19-28-58(57)67-78-79-80-83(67)73(52-21-12-9-13-22-52,53-23-14-10-15-24-53)54-25-16-11-17-26-54/h9-19,21-40,42-43,62H,7-8,20,41,44-47H2,1-6H3,(H,76,84)(H,77,85,87). The molecule has 0 spiro atoms. The summed E-state index contributed by atoms with van der Waals surface area (Å²) in [5.41, 5.74) is 8.37. The minimum Gasteiger partial charge on any atom is -0.484 e. The molecule has 4 amide bonds. The van der Waals surface area contributed by atoms with Gasteiger partial charge in [0.2, 0.25) is 11.8 Å². The third kappa shape index (κ3) is 15.1. The van der Waals surface area contributed by atoms with E-state index in [2.05, 4.69) is 101 Å². The number of hydrogen-bond donors (Lipinski definition) is 2. The summed E-state index contributed by atoms with van der Waals surface area (Å²) >= 11 is 2.55. The lowest BCUT2D eigenvalue weighted by molar-refractivity contribution is -0.119. The molecule has 10 aromatic rings. The fourth-order valence-corrected chi connectivity index (χ4v) is 12.9. The van der Waals surface area contributed by atoms with Crippen LogP contribution in [-0.4, -0.2) is 95.0 Å². The molecule has 3 aromatic heterocycles. The summed E-state index contributed by atoms with van der Waals surface area (Å²) in [7, 11) is 1.53. The molecule has 4 heterocycles. The van der Waals surface area contributed by atoms with Gasteiger partial charge in [0.15, 0.2) is 18.1 Å². The van der Waals surface area contributed by atoms with E-state index in [-0.39, 0.29) is 35.9 Å². The molecule has 19 nitrogen and oxygen atoms in total. The van der Waals surface area contributed by atoms with Crippen LogP contribution < -0.4 is 25.0 Å². The zero-order valence-electron chi connectivity index (χ0n) is 52.9. The Morgan fingerprint density at radius 3 is 1.96 bits per heavy atom. The van der Waals surface area contributed by atoms with Crippen LogP contribution in [0, 0.1) is 0 Å². The van der Waals surface area contributed by atoms with Crippen LogP contribution in [0.25, 0.3) is 22.5 Å². The van der Waals surface area contributed by atoms with Crippen molar-refractivity contribution in [1.82, 2.24) is 40.1 Å². The Bertz CT molecular complexity index is 4200. The van der Waals surface area contributed by atoms with Gasteiger partial charge in [-0.3, -0.25) is 24.6 Å². The quantitative estimate of drug-likeness (QED) is 0.0401. The number of ether oxygens (including phenoxy) is 4. The van der Waals surface area contributed by atoms with Crippen molar-refractivity contribution in [1.29, 1.82) is 0 Å². The number of benzene rings is 7. The summed E-state index contributed by atoms with van der Waals surface area (Å²) in [5, 5.41) is 18.2. The summed E-state index contributed by atoms with van der Waals surface area (Å²) < 4.78 is 27.3. The number of hydrogen-bond acceptors (Lipinski definition) is 16. The Morgan fingerprint density at radius 2 is 1.35 bits per heavy atom. The molecule has 94 heavy (non-hydrogen) atoms. The lowest BCUT2D eigenvalue weighted by atomic mass is 9.77. The number of thioether (sulfide) groups is 2. The molecule has 21 heteroatoms. The van der Waals surface area contributed by atoms with Gasteiger partial charge in [0.05, 0.1) is 28.9 Å². The maximum atomic E-state index is 14.0. The van der Waals surface area contributed by atoms with Crippen LogP contribution in [0.4, 0.5) is 21.0 Å². The third-order valence-corrected chi connectivity index (χ3v) is 17.5. The molecule has 1 atom stereocenters. The van der Waals surface area contributed by atoms with Gasteiger partial charge in [-0.15, -0.1) is 5.10 Å². The van der Waals surface area contributed by atoms with E-state index < -0.39 is 34.4 Å². The van der Waals surface area contributed by atoms with E-state index in [0.717, 1.165) is 74.1 Å². The van der Waals surface area contributed by atoms with Gasteiger partial charge < -0.3 is 28.8 Å². The molecule has 1 aliphatic heterocycles. The van der Waals surface area contributed by atoms with Crippen molar-refractivity contribution in [2.75, 3.05) is 30.5 Å². The second-order valence-electron chi connectivity index (χ2n) is 23.2. The number of anilines is 2. The summed E-state index contributed by atoms with van der Waals surface area (Å²) in [4.78, 5) is 75.4. The number of aromatic nitrogens is 7. The van der Waals surface area contributed by atoms with Gasteiger partial charge in [0.25, 0.3) is 11.1 Å². The highest BCUT2D eigenvalue weighted by atomic mass is 32.2. The first-order valence-electron chi connectivity index (χ1n) is 30.8. The molecule has 0 saturated carbocycles. The van der Waals surface area contributed by atoms with Crippen LogP contribution in [0.15, 0.2) is 200 Å². The Morgan fingerprint density at radius 1 is 0.723 bits per heavy atom. The maximum absolute atomic E-state index is 14.0. The van der Waals surface area contributed by atoms with Gasteiger partial charge in [-0.25, -0.2) is 24.2 Å². The van der Waals surface area contributed by atoms with Gasteiger partial charge in [-0.05, 0) is 120 Å². The van der Waals surface area contributed by atoms with Crippen molar-refractivity contribution in [2.45, 2.75) is 88.3 Å². The Labute approximate surface area is 553 Å². The molecular formula is C73H70N10O9S2. The van der Waals surface area contributed by atoms with Crippen molar-refractivity contribution < 1.29 is 42.9 Å². The van der Waals surface area contributed by atoms with E-state index in [1.807, 2.05) is 82.0 Å². The molecule has 0 radical (unpaired) electrons. The molecule has 478 valence electrons. The monoisotopic (exact) mass is 1290 g/mol. The summed E-state index contributed by atoms with van der Waals surface area (Å²) in [6.45, 7) is 9.41. The van der Waals surface area contributed by atoms with Crippen molar-refractivity contribution >= 4 is 64.0 Å². The van der Waals surface area contributed by atoms with E-state index in [4.69, 9.17) is 34.2 Å². The first-order valence-corrected chi connectivity index (χ1v) is 32.9. The van der Waals surface area contributed by atoms with Gasteiger partial charge in [0.1, 0.15) is 28.5 Å². The second-order valence-corrected chi connectivity index (χ2v) is 25.4. The Balaban J connectivity index is 0.772. The molecule has 1 aliphatic rings. The predicted molar refractivity (Wildman–Crippen MR) is 364 cm³/mol. The third-order valence-electron chi connectivity index (χ3n) is 15.5. The van der Waals surface area contributed by atoms with Crippen LogP contribution in [0.3, 0.4) is 0 Å². The summed E-state index contributed by atoms with van der Waals surface area (Å²) in [6.07, 6.45) is 2.89. The van der Waals surface area contributed by atoms with E-state index >= 15 is 0 Å². The lowest BCUT2D eigenvalue weighted by Gasteiger charge is -2.36. The zero-order chi connectivity index (χ0) is 65.8. The van der Waals surface area contributed by atoms with Gasteiger partial charge in [0, 0.05) is 55.4 Å². The molecule has 0 bridgehead atoms. The highest BCUT2D eigenvalue weighted by Gasteiger charge is 2.42. The number of esters is 1. The smallest absolute Gasteiger partial charge is 0.414 e. The minimum absolute atomic E-state index is 0.202. The fourth-order valence-electron chi connectivity index (χ4n) is 11.2.